The highest BCUT2D eigenvalue weighted by atomic mass is 32.2. The number of methoxy groups -OCH3 is 1. The normalized spacial score (nSPS) is 12.8. The van der Waals surface area contributed by atoms with Crippen LogP contribution in [0.15, 0.2) is 18.2 Å². The highest BCUT2D eigenvalue weighted by Crippen LogP contribution is 2.25. The number of benzene rings is 1. The van der Waals surface area contributed by atoms with Crippen LogP contribution in [0.4, 0.5) is 5.69 Å². The minimum absolute atomic E-state index is 0.108. The van der Waals surface area contributed by atoms with Gasteiger partial charge in [-0.1, -0.05) is 0 Å². The zero-order valence-corrected chi connectivity index (χ0v) is 11.4. The molecular formula is C11H16N2O5S. The van der Waals surface area contributed by atoms with Gasteiger partial charge in [-0.3, -0.25) is 4.72 Å². The predicted octanol–water partition coefficient (Wildman–Crippen LogP) is -0.163. The van der Waals surface area contributed by atoms with Crippen LogP contribution in [0.3, 0.4) is 0 Å². The maximum Gasteiger partial charge on any atom is 0.337 e. The molecule has 1 rings (SSSR count). The Morgan fingerprint density at radius 1 is 1.53 bits per heavy atom. The quantitative estimate of drug-likeness (QED) is 0.648. The summed E-state index contributed by atoms with van der Waals surface area (Å²) in [5, 5.41) is 9.77. The average Bonchev–Trinajstić information content (AvgIpc) is 2.35. The molecule has 8 heteroatoms. The molecular weight excluding hydrogens is 272 g/mol. The number of nitrogens with one attached hydrogen (secondary N) is 1. The monoisotopic (exact) mass is 288 g/mol. The van der Waals surface area contributed by atoms with Crippen molar-refractivity contribution in [2.24, 2.45) is 5.73 Å². The number of nitrogens with two attached hydrogens (primary N) is 1. The predicted molar refractivity (Wildman–Crippen MR) is 70.3 cm³/mol. The van der Waals surface area contributed by atoms with E-state index in [-0.39, 0.29) is 23.4 Å². The SMILES string of the molecule is COC(=O)c1ccc(NS(C)(=O)=O)c([C@@H](O)CN)c1. The summed E-state index contributed by atoms with van der Waals surface area (Å²) < 4.78 is 29.3. The third kappa shape index (κ3) is 4.19. The molecule has 0 spiro atoms. The molecule has 0 radical (unpaired) electrons. The fourth-order valence-electron chi connectivity index (χ4n) is 1.50. The first-order valence-corrected chi connectivity index (χ1v) is 7.26. The lowest BCUT2D eigenvalue weighted by Gasteiger charge is -2.15. The number of esters is 1. The molecule has 0 amide bonds. The Labute approximate surface area is 111 Å². The van der Waals surface area contributed by atoms with Crippen LogP contribution in [0, 0.1) is 0 Å². The van der Waals surface area contributed by atoms with Gasteiger partial charge in [-0.05, 0) is 18.2 Å². The Balaban J connectivity index is 3.28. The van der Waals surface area contributed by atoms with Crippen LogP contribution in [-0.4, -0.2) is 39.4 Å². The van der Waals surface area contributed by atoms with Crippen molar-refractivity contribution in [2.45, 2.75) is 6.10 Å². The second-order valence-electron chi connectivity index (χ2n) is 3.92. The molecule has 0 saturated carbocycles. The van der Waals surface area contributed by atoms with Gasteiger partial charge in [-0.15, -0.1) is 0 Å². The van der Waals surface area contributed by atoms with Crippen LogP contribution in [0.25, 0.3) is 0 Å². The van der Waals surface area contributed by atoms with Crippen LogP contribution in [0.5, 0.6) is 0 Å². The van der Waals surface area contributed by atoms with Gasteiger partial charge in [0.2, 0.25) is 10.0 Å². The summed E-state index contributed by atoms with van der Waals surface area (Å²) in [6.07, 6.45) is -0.103. The van der Waals surface area contributed by atoms with E-state index < -0.39 is 22.1 Å². The minimum atomic E-state index is -3.50. The van der Waals surface area contributed by atoms with Gasteiger partial charge in [0.25, 0.3) is 0 Å². The molecule has 0 aliphatic rings. The van der Waals surface area contributed by atoms with Crippen molar-refractivity contribution in [1.82, 2.24) is 0 Å². The van der Waals surface area contributed by atoms with E-state index in [4.69, 9.17) is 5.73 Å². The van der Waals surface area contributed by atoms with Gasteiger partial charge >= 0.3 is 5.97 Å². The minimum Gasteiger partial charge on any atom is -0.465 e. The number of aliphatic hydroxyl groups is 1. The van der Waals surface area contributed by atoms with E-state index in [9.17, 15) is 18.3 Å². The topological polar surface area (TPSA) is 119 Å². The van der Waals surface area contributed by atoms with Crippen molar-refractivity contribution in [3.05, 3.63) is 29.3 Å². The molecule has 0 unspecified atom stereocenters. The van der Waals surface area contributed by atoms with Gasteiger partial charge in [0.1, 0.15) is 0 Å². The molecule has 0 saturated heterocycles. The van der Waals surface area contributed by atoms with Crippen molar-refractivity contribution in [2.75, 3.05) is 24.6 Å². The summed E-state index contributed by atoms with van der Waals surface area (Å²) >= 11 is 0. The van der Waals surface area contributed by atoms with Crippen LogP contribution >= 0.6 is 0 Å². The molecule has 0 heterocycles. The summed E-state index contributed by atoms with van der Waals surface area (Å²) in [7, 11) is -2.27. The van der Waals surface area contributed by atoms with Crippen LogP contribution in [-0.2, 0) is 14.8 Å². The fourth-order valence-corrected chi connectivity index (χ4v) is 2.09. The van der Waals surface area contributed by atoms with Gasteiger partial charge in [-0.2, -0.15) is 0 Å². The van der Waals surface area contributed by atoms with E-state index in [1.54, 1.807) is 0 Å². The molecule has 0 aliphatic carbocycles. The molecule has 0 bridgehead atoms. The number of rotatable bonds is 5. The molecule has 1 aromatic rings. The number of hydrogen-bond donors (Lipinski definition) is 3. The van der Waals surface area contributed by atoms with Gasteiger partial charge in [0.05, 0.1) is 30.7 Å². The Morgan fingerprint density at radius 3 is 2.63 bits per heavy atom. The summed E-state index contributed by atoms with van der Waals surface area (Å²) in [6, 6.07) is 4.12. The fraction of sp³-hybridized carbons (Fsp3) is 0.364. The highest BCUT2D eigenvalue weighted by molar-refractivity contribution is 7.92. The van der Waals surface area contributed by atoms with E-state index in [1.807, 2.05) is 0 Å². The van der Waals surface area contributed by atoms with E-state index in [0.29, 0.717) is 0 Å². The van der Waals surface area contributed by atoms with Gasteiger partial charge in [-0.25, -0.2) is 13.2 Å². The lowest BCUT2D eigenvalue weighted by atomic mass is 10.0. The van der Waals surface area contributed by atoms with E-state index >= 15 is 0 Å². The van der Waals surface area contributed by atoms with Crippen molar-refractivity contribution >= 4 is 21.7 Å². The van der Waals surface area contributed by atoms with Crippen LogP contribution < -0.4 is 10.5 Å². The lowest BCUT2D eigenvalue weighted by molar-refractivity contribution is 0.0600. The Hall–Kier alpha value is -1.64. The third-order valence-electron chi connectivity index (χ3n) is 2.35. The zero-order chi connectivity index (χ0) is 14.6. The molecule has 106 valence electrons. The standard InChI is InChI=1S/C11H16N2O5S/c1-18-11(15)7-3-4-9(13-19(2,16)17)8(5-7)10(14)6-12/h3-5,10,13-14H,6,12H2,1-2H3/t10-/m0/s1. The number of anilines is 1. The van der Waals surface area contributed by atoms with E-state index in [0.717, 1.165) is 6.26 Å². The highest BCUT2D eigenvalue weighted by Gasteiger charge is 2.17. The summed E-state index contributed by atoms with van der Waals surface area (Å²) in [5.41, 5.74) is 5.94. The van der Waals surface area contributed by atoms with Crippen molar-refractivity contribution < 1.29 is 23.1 Å². The molecule has 7 nitrogen and oxygen atoms in total. The van der Waals surface area contributed by atoms with Gasteiger partial charge in [0.15, 0.2) is 0 Å². The maximum atomic E-state index is 11.4. The van der Waals surface area contributed by atoms with Crippen molar-refractivity contribution in [1.29, 1.82) is 0 Å². The number of carbonyl (C=O) groups excluding carboxylic acids is 1. The van der Waals surface area contributed by atoms with Crippen molar-refractivity contribution in [3.63, 3.8) is 0 Å². The summed E-state index contributed by atoms with van der Waals surface area (Å²) in [6.45, 7) is -0.108. The summed E-state index contributed by atoms with van der Waals surface area (Å²) in [5.74, 6) is -0.587. The first-order chi connectivity index (χ1) is 8.78. The molecule has 0 aliphatic heterocycles. The maximum absolute atomic E-state index is 11.4. The van der Waals surface area contributed by atoms with Crippen molar-refractivity contribution in [3.8, 4) is 0 Å². The second kappa shape index (κ2) is 6.00. The average molecular weight is 288 g/mol. The molecule has 0 fully saturated rings. The number of aliphatic hydroxyl groups excluding tert-OH is 1. The number of sulfonamides is 1. The van der Waals surface area contributed by atoms with Crippen LogP contribution in [0.2, 0.25) is 0 Å². The molecule has 1 aromatic carbocycles. The largest absolute Gasteiger partial charge is 0.465 e. The molecule has 1 atom stereocenters. The van der Waals surface area contributed by atoms with Gasteiger partial charge < -0.3 is 15.6 Å². The summed E-state index contributed by atoms with van der Waals surface area (Å²) in [4.78, 5) is 11.4. The first kappa shape index (κ1) is 15.4. The Kier molecular flexibility index (Phi) is 4.87. The van der Waals surface area contributed by atoms with Gasteiger partial charge in [0, 0.05) is 12.1 Å². The first-order valence-electron chi connectivity index (χ1n) is 5.36. The number of carbonyl (C=O) groups is 1. The Bertz CT molecular complexity index is 570. The Morgan fingerprint density at radius 2 is 2.16 bits per heavy atom. The third-order valence-corrected chi connectivity index (χ3v) is 2.94. The van der Waals surface area contributed by atoms with Crippen LogP contribution in [0.1, 0.15) is 22.0 Å². The van der Waals surface area contributed by atoms with E-state index in [2.05, 4.69) is 9.46 Å². The lowest BCUT2D eigenvalue weighted by Crippen LogP contribution is -2.17. The molecule has 19 heavy (non-hydrogen) atoms. The zero-order valence-electron chi connectivity index (χ0n) is 10.6. The number of hydrogen-bond acceptors (Lipinski definition) is 6. The molecule has 0 aromatic heterocycles. The second-order valence-corrected chi connectivity index (χ2v) is 5.67. The number of ether oxygens (including phenoxy) is 1. The van der Waals surface area contributed by atoms with E-state index in [1.165, 1.54) is 25.3 Å². The molecule has 4 N–H and O–H groups in total. The smallest absolute Gasteiger partial charge is 0.337 e.